The number of carbonyl (C=O) groups is 1. The molecule has 8 heteroatoms. The molecule has 0 saturated heterocycles. The first kappa shape index (κ1) is 12.1. The lowest BCUT2D eigenvalue weighted by Crippen LogP contribution is -2.14. The summed E-state index contributed by atoms with van der Waals surface area (Å²) in [5.74, 6) is -2.45. The van der Waals surface area contributed by atoms with Gasteiger partial charge in [0.05, 0.1) is 14.9 Å². The van der Waals surface area contributed by atoms with Gasteiger partial charge in [0, 0.05) is 0 Å². The Morgan fingerprint density at radius 2 is 2.00 bits per heavy atom. The van der Waals surface area contributed by atoms with Crippen LogP contribution in [0.3, 0.4) is 0 Å². The zero-order chi connectivity index (χ0) is 11.8. The van der Waals surface area contributed by atoms with Crippen molar-refractivity contribution in [2.24, 2.45) is 5.14 Å². The van der Waals surface area contributed by atoms with Crippen molar-refractivity contribution in [1.29, 1.82) is 0 Å². The molecule has 0 spiro atoms. The summed E-state index contributed by atoms with van der Waals surface area (Å²) in [5.41, 5.74) is -0.501. The number of aromatic carboxylic acids is 1. The van der Waals surface area contributed by atoms with E-state index in [0.717, 1.165) is 6.07 Å². The Bertz CT molecular complexity index is 528. The first-order valence-corrected chi connectivity index (χ1v) is 5.82. The molecule has 0 aromatic heterocycles. The van der Waals surface area contributed by atoms with Crippen LogP contribution >= 0.6 is 15.9 Å². The number of primary sulfonamides is 1. The summed E-state index contributed by atoms with van der Waals surface area (Å²) in [6, 6.07) is 1.43. The number of rotatable bonds is 2. The smallest absolute Gasteiger partial charge is 0.336 e. The van der Waals surface area contributed by atoms with Gasteiger partial charge in [-0.3, -0.25) is 0 Å². The van der Waals surface area contributed by atoms with E-state index in [1.165, 1.54) is 0 Å². The fraction of sp³-hybridized carbons (Fsp3) is 0. The van der Waals surface area contributed by atoms with E-state index in [0.29, 0.717) is 6.07 Å². The third-order valence-electron chi connectivity index (χ3n) is 1.56. The molecule has 1 rings (SSSR count). The van der Waals surface area contributed by atoms with Crippen LogP contribution in [-0.4, -0.2) is 19.5 Å². The average molecular weight is 298 g/mol. The van der Waals surface area contributed by atoms with Crippen molar-refractivity contribution in [2.75, 3.05) is 0 Å². The largest absolute Gasteiger partial charge is 0.478 e. The molecule has 0 aliphatic heterocycles. The van der Waals surface area contributed by atoms with Gasteiger partial charge < -0.3 is 5.11 Å². The highest BCUT2D eigenvalue weighted by atomic mass is 79.9. The van der Waals surface area contributed by atoms with Gasteiger partial charge in [0.2, 0.25) is 10.0 Å². The van der Waals surface area contributed by atoms with Crippen molar-refractivity contribution < 1.29 is 22.7 Å². The number of nitrogens with two attached hydrogens (primary N) is 1. The number of hydrogen-bond acceptors (Lipinski definition) is 3. The molecule has 3 N–H and O–H groups in total. The zero-order valence-electron chi connectivity index (χ0n) is 7.07. The first-order valence-electron chi connectivity index (χ1n) is 3.48. The Hall–Kier alpha value is -0.990. The molecular weight excluding hydrogens is 293 g/mol. The Morgan fingerprint density at radius 3 is 2.40 bits per heavy atom. The van der Waals surface area contributed by atoms with Gasteiger partial charge >= 0.3 is 5.97 Å². The summed E-state index contributed by atoms with van der Waals surface area (Å²) in [5, 5.41) is 13.4. The van der Waals surface area contributed by atoms with Crippen molar-refractivity contribution in [3.8, 4) is 0 Å². The molecule has 15 heavy (non-hydrogen) atoms. The van der Waals surface area contributed by atoms with Gasteiger partial charge in [-0.2, -0.15) is 0 Å². The van der Waals surface area contributed by atoms with E-state index >= 15 is 0 Å². The van der Waals surface area contributed by atoms with Crippen LogP contribution in [-0.2, 0) is 10.0 Å². The highest BCUT2D eigenvalue weighted by Gasteiger charge is 2.18. The summed E-state index contributed by atoms with van der Waals surface area (Å²) in [7, 11) is -4.12. The Kier molecular flexibility index (Phi) is 3.12. The topological polar surface area (TPSA) is 97.5 Å². The lowest BCUT2D eigenvalue weighted by atomic mass is 10.2. The van der Waals surface area contributed by atoms with Gasteiger partial charge in [-0.05, 0) is 28.1 Å². The summed E-state index contributed by atoms with van der Waals surface area (Å²) in [6.45, 7) is 0. The zero-order valence-corrected chi connectivity index (χ0v) is 9.47. The van der Waals surface area contributed by atoms with Gasteiger partial charge in [-0.15, -0.1) is 0 Å². The fourth-order valence-electron chi connectivity index (χ4n) is 0.884. The number of sulfonamides is 1. The maximum Gasteiger partial charge on any atom is 0.336 e. The monoisotopic (exact) mass is 297 g/mol. The lowest BCUT2D eigenvalue weighted by Gasteiger charge is -2.04. The molecule has 0 saturated carbocycles. The SMILES string of the molecule is NS(=O)(=O)c1cc(F)c(Br)c(C(=O)O)c1. The van der Waals surface area contributed by atoms with Crippen molar-refractivity contribution in [1.82, 2.24) is 0 Å². The molecule has 0 amide bonds. The molecule has 82 valence electrons. The van der Waals surface area contributed by atoms with Crippen LogP contribution < -0.4 is 5.14 Å². The quantitative estimate of drug-likeness (QED) is 0.848. The molecule has 0 unspecified atom stereocenters. The second-order valence-corrected chi connectivity index (χ2v) is 4.97. The molecule has 0 fully saturated rings. The first-order chi connectivity index (χ1) is 6.73. The minimum Gasteiger partial charge on any atom is -0.478 e. The van der Waals surface area contributed by atoms with Crippen molar-refractivity contribution in [3.63, 3.8) is 0 Å². The molecule has 0 radical (unpaired) electrons. The maximum atomic E-state index is 13.1. The molecular formula is C7H5BrFNO4S. The number of benzene rings is 1. The average Bonchev–Trinajstić information content (AvgIpc) is 2.06. The van der Waals surface area contributed by atoms with E-state index in [2.05, 4.69) is 15.9 Å². The molecule has 0 aliphatic carbocycles. The predicted molar refractivity (Wildman–Crippen MR) is 52.4 cm³/mol. The van der Waals surface area contributed by atoms with E-state index in [1.807, 2.05) is 0 Å². The van der Waals surface area contributed by atoms with Crippen LogP contribution in [0.25, 0.3) is 0 Å². The molecule has 5 nitrogen and oxygen atoms in total. The Morgan fingerprint density at radius 1 is 1.47 bits per heavy atom. The fourth-order valence-corrected chi connectivity index (χ4v) is 1.83. The van der Waals surface area contributed by atoms with E-state index < -0.39 is 32.3 Å². The Balaban J connectivity index is 3.57. The molecule has 0 atom stereocenters. The van der Waals surface area contributed by atoms with Gasteiger partial charge in [0.25, 0.3) is 0 Å². The third-order valence-corrected chi connectivity index (χ3v) is 3.26. The molecule has 0 bridgehead atoms. The van der Waals surface area contributed by atoms with Gasteiger partial charge in [0.15, 0.2) is 0 Å². The molecule has 0 heterocycles. The lowest BCUT2D eigenvalue weighted by molar-refractivity contribution is 0.0695. The van der Waals surface area contributed by atoms with Crippen LogP contribution in [0.2, 0.25) is 0 Å². The molecule has 1 aromatic carbocycles. The Labute approximate surface area is 92.9 Å². The van der Waals surface area contributed by atoms with Crippen LogP contribution in [0, 0.1) is 5.82 Å². The normalized spacial score (nSPS) is 11.4. The van der Waals surface area contributed by atoms with Crippen LogP contribution in [0.1, 0.15) is 10.4 Å². The predicted octanol–water partition coefficient (Wildman–Crippen LogP) is 0.934. The van der Waals surface area contributed by atoms with E-state index in [4.69, 9.17) is 10.2 Å². The molecule has 0 aliphatic rings. The molecule has 1 aromatic rings. The van der Waals surface area contributed by atoms with Crippen molar-refractivity contribution in [2.45, 2.75) is 4.90 Å². The summed E-state index contributed by atoms with van der Waals surface area (Å²) >= 11 is 2.69. The van der Waals surface area contributed by atoms with Gasteiger partial charge in [-0.1, -0.05) is 0 Å². The maximum absolute atomic E-state index is 13.1. The minimum atomic E-state index is -4.12. The minimum absolute atomic E-state index is 0.317. The number of hydrogen-bond donors (Lipinski definition) is 2. The van der Waals surface area contributed by atoms with Gasteiger partial charge in [0.1, 0.15) is 5.82 Å². The standard InChI is InChI=1S/C7H5BrFNO4S/c8-6-4(7(11)12)1-3(2-5(6)9)15(10,13)14/h1-2H,(H,11,12)(H2,10,13,14). The van der Waals surface area contributed by atoms with E-state index in [9.17, 15) is 17.6 Å². The van der Waals surface area contributed by atoms with Crippen LogP contribution in [0.5, 0.6) is 0 Å². The van der Waals surface area contributed by atoms with Crippen LogP contribution in [0.15, 0.2) is 21.5 Å². The number of carboxylic acid groups (broad SMARTS) is 1. The summed E-state index contributed by atoms with van der Waals surface area (Å²) in [4.78, 5) is 10.0. The number of carboxylic acids is 1. The second kappa shape index (κ2) is 3.87. The van der Waals surface area contributed by atoms with Crippen molar-refractivity contribution >= 4 is 31.9 Å². The van der Waals surface area contributed by atoms with Gasteiger partial charge in [-0.25, -0.2) is 22.7 Å². The second-order valence-electron chi connectivity index (χ2n) is 2.62. The third kappa shape index (κ3) is 2.52. The van der Waals surface area contributed by atoms with E-state index in [1.54, 1.807) is 0 Å². The highest BCUT2D eigenvalue weighted by Crippen LogP contribution is 2.24. The summed E-state index contributed by atoms with van der Waals surface area (Å²) < 4.78 is 34.5. The number of halogens is 2. The highest BCUT2D eigenvalue weighted by molar-refractivity contribution is 9.10. The van der Waals surface area contributed by atoms with E-state index in [-0.39, 0.29) is 4.47 Å². The summed E-state index contributed by atoms with van der Waals surface area (Å²) in [6.07, 6.45) is 0. The van der Waals surface area contributed by atoms with Crippen LogP contribution in [0.4, 0.5) is 4.39 Å². The van der Waals surface area contributed by atoms with Crippen molar-refractivity contribution in [3.05, 3.63) is 28.0 Å².